The molecular weight excluding hydrogens is 381 g/mol. The SMILES string of the molecule is COCCN1C(=O)CCC12CCN(CC1CCOC1)CC2.O=C(O)C(F)(F)F. The monoisotopic (exact) mass is 410 g/mol. The van der Waals surface area contributed by atoms with Crippen LogP contribution < -0.4 is 0 Å². The van der Waals surface area contributed by atoms with Crippen molar-refractivity contribution in [2.75, 3.05) is 53.1 Å². The molecule has 28 heavy (non-hydrogen) atoms. The second-order valence-electron chi connectivity index (χ2n) is 7.60. The third-order valence-electron chi connectivity index (χ3n) is 5.77. The summed E-state index contributed by atoms with van der Waals surface area (Å²) in [7, 11) is 1.71. The van der Waals surface area contributed by atoms with Gasteiger partial charge in [0.2, 0.25) is 5.91 Å². The summed E-state index contributed by atoms with van der Waals surface area (Å²) in [6.45, 7) is 6.67. The van der Waals surface area contributed by atoms with Crippen LogP contribution in [0.1, 0.15) is 32.1 Å². The van der Waals surface area contributed by atoms with Crippen molar-refractivity contribution in [1.82, 2.24) is 9.80 Å². The third kappa shape index (κ3) is 6.05. The largest absolute Gasteiger partial charge is 0.490 e. The zero-order valence-electron chi connectivity index (χ0n) is 16.2. The number of likely N-dealkylation sites (tertiary alicyclic amines) is 2. The van der Waals surface area contributed by atoms with Gasteiger partial charge in [-0.3, -0.25) is 4.79 Å². The summed E-state index contributed by atoms with van der Waals surface area (Å²) in [6, 6.07) is 0. The van der Waals surface area contributed by atoms with Gasteiger partial charge in [0, 0.05) is 51.9 Å². The first-order valence-corrected chi connectivity index (χ1v) is 9.57. The number of carbonyl (C=O) groups is 2. The first-order valence-electron chi connectivity index (χ1n) is 9.57. The van der Waals surface area contributed by atoms with Crippen molar-refractivity contribution in [3.05, 3.63) is 0 Å². The average molecular weight is 410 g/mol. The number of alkyl halides is 3. The second kappa shape index (κ2) is 9.89. The lowest BCUT2D eigenvalue weighted by Gasteiger charge is -2.45. The van der Waals surface area contributed by atoms with Crippen LogP contribution in [0.15, 0.2) is 0 Å². The molecule has 7 nitrogen and oxygen atoms in total. The summed E-state index contributed by atoms with van der Waals surface area (Å²) in [5.74, 6) is -1.72. The Bertz CT molecular complexity index is 530. The van der Waals surface area contributed by atoms with E-state index in [1.165, 1.54) is 13.0 Å². The van der Waals surface area contributed by atoms with Crippen LogP contribution in [0.2, 0.25) is 0 Å². The zero-order valence-corrected chi connectivity index (χ0v) is 16.2. The summed E-state index contributed by atoms with van der Waals surface area (Å²) >= 11 is 0. The fraction of sp³-hybridized carbons (Fsp3) is 0.889. The molecule has 0 aliphatic carbocycles. The summed E-state index contributed by atoms with van der Waals surface area (Å²) in [4.78, 5) is 25.7. The standard InChI is InChI=1S/C16H28N2O3.C2HF3O2/c1-20-11-9-18-15(19)2-4-16(18)5-7-17(8-6-16)12-14-3-10-21-13-14;3-2(4,5)1(6)7/h14H,2-13H2,1H3;(H,6,7). The molecule has 1 spiro atoms. The highest BCUT2D eigenvalue weighted by molar-refractivity contribution is 5.79. The Morgan fingerprint density at radius 1 is 1.32 bits per heavy atom. The predicted octanol–water partition coefficient (Wildman–Crippen LogP) is 1.76. The summed E-state index contributed by atoms with van der Waals surface area (Å²) in [5, 5.41) is 7.12. The molecular formula is C18H29F3N2O5. The molecule has 1 unspecified atom stereocenters. The lowest BCUT2D eigenvalue weighted by molar-refractivity contribution is -0.192. The molecule has 0 aromatic carbocycles. The minimum absolute atomic E-state index is 0.123. The number of methoxy groups -OCH3 is 1. The maximum atomic E-state index is 12.2. The Morgan fingerprint density at radius 3 is 2.46 bits per heavy atom. The maximum absolute atomic E-state index is 12.2. The summed E-state index contributed by atoms with van der Waals surface area (Å²) in [6.07, 6.45) is 0.127. The van der Waals surface area contributed by atoms with Gasteiger partial charge in [-0.2, -0.15) is 13.2 Å². The van der Waals surface area contributed by atoms with Crippen LogP contribution in [0, 0.1) is 5.92 Å². The minimum atomic E-state index is -5.08. The van der Waals surface area contributed by atoms with Crippen molar-refractivity contribution in [3.63, 3.8) is 0 Å². The number of halogens is 3. The molecule has 3 aliphatic heterocycles. The number of nitrogens with zero attached hydrogens (tertiary/aromatic N) is 2. The van der Waals surface area contributed by atoms with Crippen molar-refractivity contribution in [3.8, 4) is 0 Å². The van der Waals surface area contributed by atoms with E-state index in [-0.39, 0.29) is 5.54 Å². The highest BCUT2D eigenvalue weighted by atomic mass is 19.4. The molecule has 1 atom stereocenters. The minimum Gasteiger partial charge on any atom is -0.475 e. The lowest BCUT2D eigenvalue weighted by atomic mass is 9.84. The topological polar surface area (TPSA) is 79.3 Å². The number of carboxylic acids is 1. The van der Waals surface area contributed by atoms with E-state index in [1.54, 1.807) is 7.11 Å². The number of amides is 1. The Morgan fingerprint density at radius 2 is 1.96 bits per heavy atom. The summed E-state index contributed by atoms with van der Waals surface area (Å²) in [5.41, 5.74) is 0.123. The Labute approximate surface area is 162 Å². The molecule has 1 amide bonds. The van der Waals surface area contributed by atoms with Crippen LogP contribution in [0.5, 0.6) is 0 Å². The number of rotatable bonds is 5. The zero-order chi connectivity index (χ0) is 20.8. The van der Waals surface area contributed by atoms with Gasteiger partial charge < -0.3 is 24.4 Å². The fourth-order valence-corrected chi connectivity index (χ4v) is 4.18. The van der Waals surface area contributed by atoms with Gasteiger partial charge in [-0.15, -0.1) is 0 Å². The van der Waals surface area contributed by atoms with Gasteiger partial charge in [-0.1, -0.05) is 0 Å². The first-order chi connectivity index (χ1) is 13.2. The van der Waals surface area contributed by atoms with Crippen molar-refractivity contribution < 1.29 is 37.3 Å². The van der Waals surface area contributed by atoms with Gasteiger partial charge in [0.05, 0.1) is 13.2 Å². The molecule has 3 aliphatic rings. The highest BCUT2D eigenvalue weighted by Crippen LogP contribution is 2.39. The molecule has 0 aromatic heterocycles. The van der Waals surface area contributed by atoms with Gasteiger partial charge in [0.25, 0.3) is 0 Å². The average Bonchev–Trinajstić information content (AvgIpc) is 3.24. The van der Waals surface area contributed by atoms with Crippen molar-refractivity contribution in [2.45, 2.75) is 43.8 Å². The number of ether oxygens (including phenoxy) is 2. The third-order valence-corrected chi connectivity index (χ3v) is 5.77. The highest BCUT2D eigenvalue weighted by Gasteiger charge is 2.46. The van der Waals surface area contributed by atoms with Crippen LogP contribution >= 0.6 is 0 Å². The van der Waals surface area contributed by atoms with Crippen molar-refractivity contribution >= 4 is 11.9 Å². The van der Waals surface area contributed by atoms with E-state index in [0.717, 1.165) is 58.5 Å². The molecule has 0 aromatic rings. The van der Waals surface area contributed by atoms with E-state index in [2.05, 4.69) is 9.80 Å². The molecule has 0 bridgehead atoms. The van der Waals surface area contributed by atoms with Gasteiger partial charge in [0.15, 0.2) is 0 Å². The predicted molar refractivity (Wildman–Crippen MR) is 93.8 cm³/mol. The Hall–Kier alpha value is -1.39. The van der Waals surface area contributed by atoms with Gasteiger partial charge >= 0.3 is 12.1 Å². The van der Waals surface area contributed by atoms with Crippen molar-refractivity contribution in [2.24, 2.45) is 5.92 Å². The van der Waals surface area contributed by atoms with Crippen LogP contribution in [-0.2, 0) is 19.1 Å². The van der Waals surface area contributed by atoms with E-state index in [9.17, 15) is 18.0 Å². The van der Waals surface area contributed by atoms with E-state index in [0.29, 0.717) is 18.4 Å². The molecule has 3 heterocycles. The molecule has 0 radical (unpaired) electrons. The normalized spacial score (nSPS) is 25.1. The molecule has 3 saturated heterocycles. The number of hydrogen-bond donors (Lipinski definition) is 1. The van der Waals surface area contributed by atoms with Gasteiger partial charge in [-0.05, 0) is 31.6 Å². The smallest absolute Gasteiger partial charge is 0.475 e. The number of carbonyl (C=O) groups excluding carboxylic acids is 1. The number of hydrogen-bond acceptors (Lipinski definition) is 5. The molecule has 3 fully saturated rings. The molecule has 162 valence electrons. The fourth-order valence-electron chi connectivity index (χ4n) is 4.18. The number of piperidine rings is 1. The van der Waals surface area contributed by atoms with Crippen molar-refractivity contribution in [1.29, 1.82) is 0 Å². The van der Waals surface area contributed by atoms with Gasteiger partial charge in [-0.25, -0.2) is 4.79 Å². The Kier molecular flexibility index (Phi) is 8.08. The van der Waals surface area contributed by atoms with Crippen LogP contribution in [0.3, 0.4) is 0 Å². The van der Waals surface area contributed by atoms with Crippen LogP contribution in [0.4, 0.5) is 13.2 Å². The first kappa shape index (κ1) is 22.9. The number of carboxylic acid groups (broad SMARTS) is 1. The van der Waals surface area contributed by atoms with Crippen LogP contribution in [0.25, 0.3) is 0 Å². The lowest BCUT2D eigenvalue weighted by Crippen LogP contribution is -2.54. The van der Waals surface area contributed by atoms with E-state index in [1.807, 2.05) is 0 Å². The molecule has 0 saturated carbocycles. The van der Waals surface area contributed by atoms with Gasteiger partial charge in [0.1, 0.15) is 0 Å². The molecule has 1 N–H and O–H groups in total. The maximum Gasteiger partial charge on any atom is 0.490 e. The van der Waals surface area contributed by atoms with E-state index < -0.39 is 12.1 Å². The summed E-state index contributed by atoms with van der Waals surface area (Å²) < 4.78 is 42.4. The molecule has 3 rings (SSSR count). The van der Waals surface area contributed by atoms with E-state index in [4.69, 9.17) is 19.4 Å². The van der Waals surface area contributed by atoms with E-state index >= 15 is 0 Å². The second-order valence-corrected chi connectivity index (χ2v) is 7.60. The Balaban J connectivity index is 0.000000345. The van der Waals surface area contributed by atoms with Crippen LogP contribution in [-0.4, -0.2) is 91.6 Å². The number of aliphatic carboxylic acids is 1. The molecule has 10 heteroatoms. The quantitative estimate of drug-likeness (QED) is 0.744.